The molecule has 0 fully saturated rings. The second-order valence-electron chi connectivity index (χ2n) is 5.89. The third-order valence-corrected chi connectivity index (χ3v) is 6.52. The van der Waals surface area contributed by atoms with E-state index in [0.29, 0.717) is 25.2 Å². The molecule has 1 atom stereocenters. The molecule has 0 heterocycles. The molecule has 1 unspecified atom stereocenters. The molecule has 142 valence electrons. The zero-order chi connectivity index (χ0) is 19.0. The third-order valence-electron chi connectivity index (χ3n) is 4.45. The fraction of sp³-hybridized carbons (Fsp3) is 0.611. The lowest BCUT2D eigenvalue weighted by molar-refractivity contribution is 0.0938. The molecule has 1 rings (SSSR count). The van der Waals surface area contributed by atoms with Gasteiger partial charge < -0.3 is 5.32 Å². The fourth-order valence-corrected chi connectivity index (χ4v) is 4.27. The number of benzene rings is 1. The Labute approximate surface area is 152 Å². The number of hydrogen-bond donors (Lipinski definition) is 1. The van der Waals surface area contributed by atoms with Crippen LogP contribution in [0.1, 0.15) is 45.0 Å². The molecule has 7 heteroatoms. The number of sulfonamides is 1. The van der Waals surface area contributed by atoms with E-state index in [9.17, 15) is 13.2 Å². The van der Waals surface area contributed by atoms with E-state index < -0.39 is 10.0 Å². The van der Waals surface area contributed by atoms with Crippen molar-refractivity contribution in [1.82, 2.24) is 14.5 Å². The van der Waals surface area contributed by atoms with Crippen molar-refractivity contribution in [2.45, 2.75) is 45.6 Å². The first-order chi connectivity index (χ1) is 11.8. The summed E-state index contributed by atoms with van der Waals surface area (Å²) >= 11 is 0. The molecule has 1 aromatic carbocycles. The first-order valence-corrected chi connectivity index (χ1v) is 10.4. The maximum Gasteiger partial charge on any atom is 0.251 e. The Balaban J connectivity index is 2.78. The molecule has 25 heavy (non-hydrogen) atoms. The average Bonchev–Trinajstić information content (AvgIpc) is 2.61. The zero-order valence-corrected chi connectivity index (χ0v) is 16.8. The lowest BCUT2D eigenvalue weighted by atomic mass is 10.2. The van der Waals surface area contributed by atoms with E-state index in [4.69, 9.17) is 0 Å². The minimum atomic E-state index is -3.49. The topological polar surface area (TPSA) is 69.7 Å². The van der Waals surface area contributed by atoms with Gasteiger partial charge in [0, 0.05) is 31.2 Å². The van der Waals surface area contributed by atoms with Crippen LogP contribution in [-0.2, 0) is 10.0 Å². The average molecular weight is 370 g/mol. The molecule has 1 amide bonds. The number of rotatable bonds is 10. The van der Waals surface area contributed by atoms with Gasteiger partial charge >= 0.3 is 0 Å². The summed E-state index contributed by atoms with van der Waals surface area (Å²) in [5, 5.41) is 2.91. The van der Waals surface area contributed by atoms with E-state index in [2.05, 4.69) is 31.0 Å². The van der Waals surface area contributed by atoms with Gasteiger partial charge in [0.1, 0.15) is 0 Å². The quantitative estimate of drug-likeness (QED) is 0.686. The van der Waals surface area contributed by atoms with Gasteiger partial charge in [-0.1, -0.05) is 27.7 Å². The van der Waals surface area contributed by atoms with Gasteiger partial charge in [-0.25, -0.2) is 8.42 Å². The normalized spacial score (nSPS) is 13.2. The molecule has 1 N–H and O–H groups in total. The van der Waals surface area contributed by atoms with Crippen LogP contribution in [0.2, 0.25) is 0 Å². The first-order valence-electron chi connectivity index (χ1n) is 8.94. The predicted octanol–water partition coefficient (Wildman–Crippen LogP) is 2.18. The van der Waals surface area contributed by atoms with Crippen LogP contribution >= 0.6 is 0 Å². The van der Waals surface area contributed by atoms with Gasteiger partial charge in [-0.05, 0) is 44.3 Å². The van der Waals surface area contributed by atoms with Crippen molar-refractivity contribution < 1.29 is 13.2 Å². The predicted molar refractivity (Wildman–Crippen MR) is 101 cm³/mol. The molecule has 0 aromatic heterocycles. The van der Waals surface area contributed by atoms with Crippen molar-refractivity contribution in [3.8, 4) is 0 Å². The number of amides is 1. The molecule has 0 spiro atoms. The smallest absolute Gasteiger partial charge is 0.251 e. The van der Waals surface area contributed by atoms with Gasteiger partial charge in [-0.2, -0.15) is 4.31 Å². The van der Waals surface area contributed by atoms with Crippen molar-refractivity contribution in [2.75, 3.05) is 32.7 Å². The standard InChI is InChI=1S/C18H31N3O3S/c1-6-20(7-2)15(5)14-19-18(22)16-10-12-17(13-11-16)25(23,24)21(8-3)9-4/h10-13,15H,6-9,14H2,1-5H3,(H,19,22). The molecular weight excluding hydrogens is 338 g/mol. The van der Waals surface area contributed by atoms with E-state index in [1.54, 1.807) is 26.0 Å². The Hall–Kier alpha value is -1.44. The van der Waals surface area contributed by atoms with Crippen molar-refractivity contribution in [3.05, 3.63) is 29.8 Å². The Morgan fingerprint density at radius 2 is 1.52 bits per heavy atom. The number of carbonyl (C=O) groups excluding carboxylic acids is 1. The minimum Gasteiger partial charge on any atom is -0.350 e. The SMILES string of the molecule is CCN(CC)C(C)CNC(=O)c1ccc(S(=O)(=O)N(CC)CC)cc1. The second kappa shape index (κ2) is 9.89. The van der Waals surface area contributed by atoms with E-state index in [1.165, 1.54) is 16.4 Å². The van der Waals surface area contributed by atoms with Crippen LogP contribution in [0.15, 0.2) is 29.2 Å². The van der Waals surface area contributed by atoms with Crippen molar-refractivity contribution >= 4 is 15.9 Å². The molecule has 0 radical (unpaired) electrons. The van der Waals surface area contributed by atoms with Gasteiger partial charge in [0.05, 0.1) is 4.90 Å². The summed E-state index contributed by atoms with van der Waals surface area (Å²) in [6, 6.07) is 6.37. The number of nitrogens with zero attached hydrogens (tertiary/aromatic N) is 2. The van der Waals surface area contributed by atoms with Gasteiger partial charge in [-0.3, -0.25) is 9.69 Å². The van der Waals surface area contributed by atoms with Crippen LogP contribution in [0.3, 0.4) is 0 Å². The highest BCUT2D eigenvalue weighted by molar-refractivity contribution is 7.89. The second-order valence-corrected chi connectivity index (χ2v) is 7.83. The van der Waals surface area contributed by atoms with Crippen LogP contribution in [0.4, 0.5) is 0 Å². The Morgan fingerprint density at radius 3 is 1.96 bits per heavy atom. The summed E-state index contributed by atoms with van der Waals surface area (Å²) in [7, 11) is -3.49. The van der Waals surface area contributed by atoms with Gasteiger partial charge in [0.15, 0.2) is 0 Å². The summed E-state index contributed by atoms with van der Waals surface area (Å²) in [5.74, 6) is -0.189. The highest BCUT2D eigenvalue weighted by Crippen LogP contribution is 2.16. The monoisotopic (exact) mass is 369 g/mol. The fourth-order valence-electron chi connectivity index (χ4n) is 2.81. The van der Waals surface area contributed by atoms with Crippen LogP contribution in [0.5, 0.6) is 0 Å². The van der Waals surface area contributed by atoms with Crippen LogP contribution < -0.4 is 5.32 Å². The highest BCUT2D eigenvalue weighted by Gasteiger charge is 2.21. The molecule has 0 saturated heterocycles. The van der Waals surface area contributed by atoms with Crippen molar-refractivity contribution in [3.63, 3.8) is 0 Å². The van der Waals surface area contributed by atoms with Gasteiger partial charge in [0.2, 0.25) is 10.0 Å². The Bertz CT molecular complexity index is 636. The summed E-state index contributed by atoms with van der Waals surface area (Å²) < 4.78 is 26.3. The highest BCUT2D eigenvalue weighted by atomic mass is 32.2. The number of likely N-dealkylation sites (N-methyl/N-ethyl adjacent to an activating group) is 1. The molecule has 1 aromatic rings. The Morgan fingerprint density at radius 1 is 1.00 bits per heavy atom. The van der Waals surface area contributed by atoms with Crippen LogP contribution in [-0.4, -0.2) is 62.3 Å². The molecular formula is C18H31N3O3S. The van der Waals surface area contributed by atoms with E-state index >= 15 is 0 Å². The minimum absolute atomic E-state index is 0.189. The molecule has 6 nitrogen and oxygen atoms in total. The third kappa shape index (κ3) is 5.52. The molecule has 0 saturated carbocycles. The first kappa shape index (κ1) is 21.6. The number of hydrogen-bond acceptors (Lipinski definition) is 4. The lowest BCUT2D eigenvalue weighted by Crippen LogP contribution is -2.42. The number of nitrogens with one attached hydrogen (secondary N) is 1. The summed E-state index contributed by atoms with van der Waals surface area (Å²) in [5.41, 5.74) is 0.463. The van der Waals surface area contributed by atoms with Gasteiger partial charge in [-0.15, -0.1) is 0 Å². The van der Waals surface area contributed by atoms with Crippen LogP contribution in [0, 0.1) is 0 Å². The maximum atomic E-state index is 12.5. The van der Waals surface area contributed by atoms with E-state index in [0.717, 1.165) is 13.1 Å². The summed E-state index contributed by atoms with van der Waals surface area (Å²) in [4.78, 5) is 14.7. The van der Waals surface area contributed by atoms with Crippen molar-refractivity contribution in [1.29, 1.82) is 0 Å². The molecule has 0 aliphatic carbocycles. The Kier molecular flexibility index (Phi) is 8.55. The molecule has 0 bridgehead atoms. The maximum absolute atomic E-state index is 12.5. The largest absolute Gasteiger partial charge is 0.350 e. The zero-order valence-electron chi connectivity index (χ0n) is 15.9. The van der Waals surface area contributed by atoms with Crippen molar-refractivity contribution in [2.24, 2.45) is 0 Å². The van der Waals surface area contributed by atoms with E-state index in [-0.39, 0.29) is 16.8 Å². The summed E-state index contributed by atoms with van der Waals surface area (Å²) in [6.07, 6.45) is 0. The molecule has 0 aliphatic heterocycles. The lowest BCUT2D eigenvalue weighted by Gasteiger charge is -2.26. The summed E-state index contributed by atoms with van der Waals surface area (Å²) in [6.45, 7) is 13.1. The van der Waals surface area contributed by atoms with Crippen LogP contribution in [0.25, 0.3) is 0 Å². The molecule has 0 aliphatic rings. The number of carbonyl (C=O) groups is 1. The van der Waals surface area contributed by atoms with Gasteiger partial charge in [0.25, 0.3) is 5.91 Å². The van der Waals surface area contributed by atoms with E-state index in [1.807, 2.05) is 0 Å².